The van der Waals surface area contributed by atoms with E-state index in [2.05, 4.69) is 74.5 Å². The second kappa shape index (κ2) is 18.0. The van der Waals surface area contributed by atoms with E-state index in [9.17, 15) is 10.5 Å². The molecule has 6 rings (SSSR count). The molecule has 3 heteroatoms. The first-order valence-corrected chi connectivity index (χ1v) is 20.7. The fourth-order valence-electron chi connectivity index (χ4n) is 10.5. The molecule has 4 aliphatic rings. The van der Waals surface area contributed by atoms with Gasteiger partial charge < -0.3 is 4.74 Å². The van der Waals surface area contributed by atoms with E-state index in [1.54, 1.807) is 0 Å². The summed E-state index contributed by atoms with van der Waals surface area (Å²) in [6.07, 6.45) is 24.4. The van der Waals surface area contributed by atoms with E-state index in [0.717, 1.165) is 63.2 Å². The molecule has 2 unspecified atom stereocenters. The van der Waals surface area contributed by atoms with E-state index in [-0.39, 0.29) is 24.0 Å². The molecule has 0 aromatic heterocycles. The maximum atomic E-state index is 9.69. The molecule has 4 saturated carbocycles. The van der Waals surface area contributed by atoms with Gasteiger partial charge in [-0.1, -0.05) is 88.1 Å². The standard InChI is InChI=1S/C46H64N2O/c1-3-5-33-7-15-37(16-8-33)39-23-27-43(28-24-39)45(41-19-11-35(31-47)12-20-41)49-46(42-21-13-36(32-48)14-22-42)44-29-25-40(26-30-44)38-17-9-34(6-4-2)10-18-38/h23-30,33-38,41-42,45-46H,3-22H2,1-2H3/t33-,34-,35-,36-,37-,38-,41-,42-,45?,46?. The van der Waals surface area contributed by atoms with Gasteiger partial charge >= 0.3 is 0 Å². The van der Waals surface area contributed by atoms with Gasteiger partial charge in [0, 0.05) is 11.8 Å². The second-order valence-corrected chi connectivity index (χ2v) is 16.8. The van der Waals surface area contributed by atoms with Crippen LogP contribution in [0.5, 0.6) is 0 Å². The summed E-state index contributed by atoms with van der Waals surface area (Å²) in [5.41, 5.74) is 5.66. The predicted molar refractivity (Wildman–Crippen MR) is 201 cm³/mol. The van der Waals surface area contributed by atoms with Gasteiger partial charge in [-0.25, -0.2) is 0 Å². The molecule has 264 valence electrons. The first-order valence-electron chi connectivity index (χ1n) is 20.7. The lowest BCUT2D eigenvalue weighted by Gasteiger charge is -2.39. The highest BCUT2D eigenvalue weighted by atomic mass is 16.5. The first kappa shape index (κ1) is 36.2. The van der Waals surface area contributed by atoms with Crippen molar-refractivity contribution in [2.24, 2.45) is 35.5 Å². The number of hydrogen-bond acceptors (Lipinski definition) is 3. The highest BCUT2D eigenvalue weighted by Gasteiger charge is 2.36. The van der Waals surface area contributed by atoms with Crippen molar-refractivity contribution >= 4 is 0 Å². The second-order valence-electron chi connectivity index (χ2n) is 16.8. The summed E-state index contributed by atoms with van der Waals surface area (Å²) in [6, 6.07) is 24.4. The van der Waals surface area contributed by atoms with Gasteiger partial charge in [0.25, 0.3) is 0 Å². The molecule has 0 bridgehead atoms. The van der Waals surface area contributed by atoms with Crippen LogP contribution in [-0.4, -0.2) is 0 Å². The Morgan fingerprint density at radius 2 is 0.857 bits per heavy atom. The molecule has 0 amide bonds. The van der Waals surface area contributed by atoms with Crippen LogP contribution in [0.4, 0.5) is 0 Å². The minimum atomic E-state index is 0.0289. The van der Waals surface area contributed by atoms with Gasteiger partial charge in [-0.15, -0.1) is 0 Å². The van der Waals surface area contributed by atoms with Crippen molar-refractivity contribution in [2.45, 2.75) is 166 Å². The molecule has 2 atom stereocenters. The summed E-state index contributed by atoms with van der Waals surface area (Å²) in [6.45, 7) is 4.65. The monoisotopic (exact) mass is 661 g/mol. The fraction of sp³-hybridized carbons (Fsp3) is 0.696. The van der Waals surface area contributed by atoms with Crippen LogP contribution in [0.15, 0.2) is 48.5 Å². The third kappa shape index (κ3) is 9.39. The number of rotatable bonds is 12. The molecule has 0 heterocycles. The number of ether oxygens (including phenoxy) is 1. The third-order valence-corrected chi connectivity index (χ3v) is 13.6. The SMILES string of the molecule is CCC[C@H]1CC[C@H](c2ccc(C(OC(c3ccc([C@H]4CC[C@H](CCC)CC4)cc3)[C@H]3CC[C@H](C#N)CC3)[C@H]3CC[C@H](C#N)CC3)cc2)CC1. The number of nitrogens with zero attached hydrogens (tertiary/aromatic N) is 2. The van der Waals surface area contributed by atoms with Crippen LogP contribution >= 0.6 is 0 Å². The normalized spacial score (nSPS) is 32.0. The van der Waals surface area contributed by atoms with E-state index in [0.29, 0.717) is 23.7 Å². The minimum absolute atomic E-state index is 0.0289. The summed E-state index contributed by atoms with van der Waals surface area (Å²) in [4.78, 5) is 0. The molecule has 49 heavy (non-hydrogen) atoms. The summed E-state index contributed by atoms with van der Waals surface area (Å²) in [7, 11) is 0. The quantitative estimate of drug-likeness (QED) is 0.228. The summed E-state index contributed by atoms with van der Waals surface area (Å²) in [5.74, 6) is 4.46. The smallest absolute Gasteiger partial charge is 0.0861 e. The van der Waals surface area contributed by atoms with Crippen molar-refractivity contribution < 1.29 is 4.74 Å². The molecule has 4 aliphatic carbocycles. The highest BCUT2D eigenvalue weighted by Crippen LogP contribution is 2.47. The predicted octanol–water partition coefficient (Wildman–Crippen LogP) is 13.3. The minimum Gasteiger partial charge on any atom is -0.365 e. The first-order chi connectivity index (χ1) is 24.1. The van der Waals surface area contributed by atoms with Gasteiger partial charge in [-0.3, -0.25) is 0 Å². The van der Waals surface area contributed by atoms with Gasteiger partial charge in [0.2, 0.25) is 0 Å². The van der Waals surface area contributed by atoms with Gasteiger partial charge in [-0.05, 0) is 160 Å². The molecule has 2 aromatic carbocycles. The van der Waals surface area contributed by atoms with Gasteiger partial charge in [0.1, 0.15) is 0 Å². The number of benzene rings is 2. The number of nitriles is 2. The Bertz CT molecular complexity index is 1230. The Labute approximate surface area is 299 Å². The van der Waals surface area contributed by atoms with Crippen molar-refractivity contribution in [1.82, 2.24) is 0 Å². The molecular formula is C46H64N2O. The van der Waals surface area contributed by atoms with E-state index in [4.69, 9.17) is 4.74 Å². The highest BCUT2D eigenvalue weighted by molar-refractivity contribution is 5.30. The molecule has 4 fully saturated rings. The molecule has 0 saturated heterocycles. The topological polar surface area (TPSA) is 56.8 Å². The molecule has 0 aliphatic heterocycles. The third-order valence-electron chi connectivity index (χ3n) is 13.6. The van der Waals surface area contributed by atoms with Gasteiger partial charge in [-0.2, -0.15) is 10.5 Å². The zero-order valence-corrected chi connectivity index (χ0v) is 30.8. The van der Waals surface area contributed by atoms with Crippen LogP contribution in [0.3, 0.4) is 0 Å². The maximum Gasteiger partial charge on any atom is 0.0861 e. The molecular weight excluding hydrogens is 597 g/mol. The van der Waals surface area contributed by atoms with Gasteiger partial charge in [0.15, 0.2) is 0 Å². The van der Waals surface area contributed by atoms with Crippen molar-refractivity contribution in [3.8, 4) is 12.1 Å². The maximum absolute atomic E-state index is 9.69. The van der Waals surface area contributed by atoms with Gasteiger partial charge in [0.05, 0.1) is 24.3 Å². The Balaban J connectivity index is 1.23. The molecule has 0 radical (unpaired) electrons. The van der Waals surface area contributed by atoms with E-state index >= 15 is 0 Å². The van der Waals surface area contributed by atoms with Crippen molar-refractivity contribution in [3.05, 3.63) is 70.8 Å². The Morgan fingerprint density at radius 1 is 0.510 bits per heavy atom. The fourth-order valence-corrected chi connectivity index (χ4v) is 10.5. The van der Waals surface area contributed by atoms with Crippen LogP contribution in [0.25, 0.3) is 0 Å². The summed E-state index contributed by atoms with van der Waals surface area (Å²) < 4.78 is 7.53. The van der Waals surface area contributed by atoms with Crippen LogP contribution in [0.2, 0.25) is 0 Å². The largest absolute Gasteiger partial charge is 0.365 e. The average Bonchev–Trinajstić information content (AvgIpc) is 3.17. The zero-order valence-electron chi connectivity index (χ0n) is 30.8. The van der Waals surface area contributed by atoms with Crippen LogP contribution in [-0.2, 0) is 4.74 Å². The van der Waals surface area contributed by atoms with E-state index < -0.39 is 0 Å². The van der Waals surface area contributed by atoms with E-state index in [1.807, 2.05) is 0 Å². The Hall–Kier alpha value is -2.62. The Morgan fingerprint density at radius 3 is 1.16 bits per heavy atom. The van der Waals surface area contributed by atoms with Crippen molar-refractivity contribution in [1.29, 1.82) is 10.5 Å². The average molecular weight is 661 g/mol. The lowest BCUT2D eigenvalue weighted by atomic mass is 9.75. The lowest BCUT2D eigenvalue weighted by molar-refractivity contribution is -0.0887. The van der Waals surface area contributed by atoms with Crippen molar-refractivity contribution in [3.63, 3.8) is 0 Å². The summed E-state index contributed by atoms with van der Waals surface area (Å²) in [5, 5.41) is 19.4. The number of hydrogen-bond donors (Lipinski definition) is 0. The van der Waals surface area contributed by atoms with Crippen molar-refractivity contribution in [2.75, 3.05) is 0 Å². The Kier molecular flexibility index (Phi) is 13.3. The van der Waals surface area contributed by atoms with Crippen LogP contribution < -0.4 is 0 Å². The molecule has 2 aromatic rings. The summed E-state index contributed by atoms with van der Waals surface area (Å²) >= 11 is 0. The molecule has 3 nitrogen and oxygen atoms in total. The molecule has 0 N–H and O–H groups in total. The lowest BCUT2D eigenvalue weighted by Crippen LogP contribution is -2.28. The zero-order chi connectivity index (χ0) is 34.0. The van der Waals surface area contributed by atoms with E-state index in [1.165, 1.54) is 99.3 Å². The molecule has 0 spiro atoms. The van der Waals surface area contributed by atoms with Crippen LogP contribution in [0.1, 0.15) is 189 Å². The van der Waals surface area contributed by atoms with Crippen LogP contribution in [0, 0.1) is 58.2 Å².